The molecule has 0 aromatic rings. The van der Waals surface area contributed by atoms with Gasteiger partial charge in [-0.2, -0.15) is 0 Å². The van der Waals surface area contributed by atoms with Gasteiger partial charge in [0.25, 0.3) is 0 Å². The van der Waals surface area contributed by atoms with Gasteiger partial charge in [0, 0.05) is 25.7 Å². The molecule has 0 bridgehead atoms. The minimum atomic E-state index is 0.456. The van der Waals surface area contributed by atoms with E-state index in [9.17, 15) is 0 Å². The zero-order valence-corrected chi connectivity index (χ0v) is 12.0. The second kappa shape index (κ2) is 8.13. The summed E-state index contributed by atoms with van der Waals surface area (Å²) in [6, 6.07) is 0.516. The van der Waals surface area contributed by atoms with Crippen LogP contribution in [0.2, 0.25) is 0 Å². The van der Waals surface area contributed by atoms with E-state index in [1.54, 1.807) is 0 Å². The number of nitrogens with zero attached hydrogens (tertiary/aromatic N) is 1. The third-order valence-corrected chi connectivity index (χ3v) is 4.37. The van der Waals surface area contributed by atoms with Gasteiger partial charge in [0.1, 0.15) is 0 Å². The molecule has 0 aromatic carbocycles. The number of ether oxygens (including phenoxy) is 1. The SMILES string of the molecule is CC(NCCN1CCCCCCC1)C1CCCO1. The maximum absolute atomic E-state index is 5.72. The van der Waals surface area contributed by atoms with Crippen molar-refractivity contribution in [3.05, 3.63) is 0 Å². The Morgan fingerprint density at radius 2 is 1.83 bits per heavy atom. The molecule has 106 valence electrons. The minimum Gasteiger partial charge on any atom is -0.377 e. The van der Waals surface area contributed by atoms with E-state index in [0.29, 0.717) is 12.1 Å². The van der Waals surface area contributed by atoms with Gasteiger partial charge in [-0.05, 0) is 45.7 Å². The van der Waals surface area contributed by atoms with E-state index >= 15 is 0 Å². The molecule has 2 unspecified atom stereocenters. The third kappa shape index (κ3) is 4.87. The number of hydrogen-bond donors (Lipinski definition) is 1. The van der Waals surface area contributed by atoms with Crippen LogP contribution < -0.4 is 5.32 Å². The van der Waals surface area contributed by atoms with Crippen molar-refractivity contribution in [2.45, 2.75) is 64.0 Å². The van der Waals surface area contributed by atoms with Crippen LogP contribution >= 0.6 is 0 Å². The second-order valence-corrected chi connectivity index (χ2v) is 5.90. The van der Waals surface area contributed by atoms with Gasteiger partial charge >= 0.3 is 0 Å². The van der Waals surface area contributed by atoms with Crippen molar-refractivity contribution in [2.24, 2.45) is 0 Å². The largest absolute Gasteiger partial charge is 0.377 e. The summed E-state index contributed by atoms with van der Waals surface area (Å²) in [6.45, 7) is 8.15. The summed E-state index contributed by atoms with van der Waals surface area (Å²) < 4.78 is 5.72. The van der Waals surface area contributed by atoms with Crippen LogP contribution in [0.5, 0.6) is 0 Å². The highest BCUT2D eigenvalue weighted by Crippen LogP contribution is 2.15. The fraction of sp³-hybridized carbons (Fsp3) is 1.00. The first-order chi connectivity index (χ1) is 8.86. The first-order valence-corrected chi connectivity index (χ1v) is 7.93. The van der Waals surface area contributed by atoms with E-state index in [1.165, 1.54) is 64.6 Å². The highest BCUT2D eigenvalue weighted by atomic mass is 16.5. The zero-order chi connectivity index (χ0) is 12.6. The number of rotatable bonds is 5. The molecule has 0 saturated carbocycles. The summed E-state index contributed by atoms with van der Waals surface area (Å²) in [4.78, 5) is 2.63. The molecule has 2 atom stereocenters. The predicted octanol–water partition coefficient (Wildman–Crippen LogP) is 2.41. The Kier molecular flexibility index (Phi) is 6.46. The average Bonchev–Trinajstić information content (AvgIpc) is 2.85. The summed E-state index contributed by atoms with van der Waals surface area (Å²) in [7, 11) is 0. The number of hydrogen-bond acceptors (Lipinski definition) is 3. The van der Waals surface area contributed by atoms with Crippen LogP contribution in [0.3, 0.4) is 0 Å². The van der Waals surface area contributed by atoms with Crippen molar-refractivity contribution in [1.29, 1.82) is 0 Å². The molecule has 0 spiro atoms. The lowest BCUT2D eigenvalue weighted by molar-refractivity contribution is 0.0825. The summed E-state index contributed by atoms with van der Waals surface area (Å²) in [5.41, 5.74) is 0. The van der Waals surface area contributed by atoms with Crippen LogP contribution in [0.15, 0.2) is 0 Å². The molecule has 1 N–H and O–H groups in total. The van der Waals surface area contributed by atoms with Gasteiger partial charge in [-0.1, -0.05) is 19.3 Å². The fourth-order valence-electron chi connectivity index (χ4n) is 3.12. The Morgan fingerprint density at radius 3 is 2.50 bits per heavy atom. The topological polar surface area (TPSA) is 24.5 Å². The van der Waals surface area contributed by atoms with Crippen LogP contribution in [0.1, 0.15) is 51.9 Å². The van der Waals surface area contributed by atoms with E-state index in [4.69, 9.17) is 4.74 Å². The molecule has 2 aliphatic rings. The average molecular weight is 254 g/mol. The Balaban J connectivity index is 1.58. The number of likely N-dealkylation sites (tertiary alicyclic amines) is 1. The molecule has 0 amide bonds. The van der Waals surface area contributed by atoms with Crippen LogP contribution in [0.4, 0.5) is 0 Å². The van der Waals surface area contributed by atoms with Crippen LogP contribution in [0, 0.1) is 0 Å². The van der Waals surface area contributed by atoms with Gasteiger partial charge in [-0.25, -0.2) is 0 Å². The van der Waals surface area contributed by atoms with Gasteiger partial charge in [0.05, 0.1) is 6.10 Å². The van der Waals surface area contributed by atoms with E-state index in [2.05, 4.69) is 17.1 Å². The van der Waals surface area contributed by atoms with Crippen molar-refractivity contribution >= 4 is 0 Å². The lowest BCUT2D eigenvalue weighted by atomic mass is 10.1. The van der Waals surface area contributed by atoms with Crippen molar-refractivity contribution in [3.8, 4) is 0 Å². The lowest BCUT2D eigenvalue weighted by Gasteiger charge is -2.26. The highest BCUT2D eigenvalue weighted by molar-refractivity contribution is 4.77. The van der Waals surface area contributed by atoms with E-state index in [0.717, 1.165) is 13.2 Å². The molecule has 0 aromatic heterocycles. The number of nitrogens with one attached hydrogen (secondary N) is 1. The molecule has 18 heavy (non-hydrogen) atoms. The molecule has 3 nitrogen and oxygen atoms in total. The Hall–Kier alpha value is -0.120. The molecule has 3 heteroatoms. The van der Waals surface area contributed by atoms with Gasteiger partial charge in [-0.3, -0.25) is 0 Å². The first kappa shape index (κ1) is 14.3. The van der Waals surface area contributed by atoms with Crippen LogP contribution in [-0.4, -0.2) is 49.8 Å². The molecule has 0 radical (unpaired) electrons. The summed E-state index contributed by atoms with van der Waals surface area (Å²) in [5, 5.41) is 3.64. The molecule has 2 rings (SSSR count). The monoisotopic (exact) mass is 254 g/mol. The second-order valence-electron chi connectivity index (χ2n) is 5.90. The van der Waals surface area contributed by atoms with E-state index < -0.39 is 0 Å². The smallest absolute Gasteiger partial charge is 0.0726 e. The van der Waals surface area contributed by atoms with Crippen LogP contribution in [0.25, 0.3) is 0 Å². The Labute approximate surface area is 112 Å². The maximum atomic E-state index is 5.72. The Bertz CT molecular complexity index is 209. The van der Waals surface area contributed by atoms with Gasteiger partial charge < -0.3 is 15.0 Å². The third-order valence-electron chi connectivity index (χ3n) is 4.37. The standard InChI is InChI=1S/C15H30N2O/c1-14(15-8-7-13-18-15)16-9-12-17-10-5-3-2-4-6-11-17/h14-16H,2-13H2,1H3. The molecule has 2 fully saturated rings. The quantitative estimate of drug-likeness (QED) is 0.815. The van der Waals surface area contributed by atoms with Gasteiger partial charge in [0.2, 0.25) is 0 Å². The molecule has 2 heterocycles. The fourth-order valence-corrected chi connectivity index (χ4v) is 3.12. The van der Waals surface area contributed by atoms with Crippen LogP contribution in [-0.2, 0) is 4.74 Å². The van der Waals surface area contributed by atoms with Crippen molar-refractivity contribution < 1.29 is 4.74 Å². The molecule has 2 aliphatic heterocycles. The minimum absolute atomic E-state index is 0.456. The maximum Gasteiger partial charge on any atom is 0.0726 e. The molecule has 0 aliphatic carbocycles. The molecule has 2 saturated heterocycles. The zero-order valence-electron chi connectivity index (χ0n) is 12.0. The predicted molar refractivity (Wildman–Crippen MR) is 76.0 cm³/mol. The van der Waals surface area contributed by atoms with E-state index in [1.807, 2.05) is 0 Å². The Morgan fingerprint density at radius 1 is 1.11 bits per heavy atom. The highest BCUT2D eigenvalue weighted by Gasteiger charge is 2.21. The van der Waals surface area contributed by atoms with Gasteiger partial charge in [-0.15, -0.1) is 0 Å². The first-order valence-electron chi connectivity index (χ1n) is 7.93. The summed E-state index contributed by atoms with van der Waals surface area (Å²) >= 11 is 0. The van der Waals surface area contributed by atoms with E-state index in [-0.39, 0.29) is 0 Å². The molecular formula is C15H30N2O. The summed E-state index contributed by atoms with van der Waals surface area (Å²) in [5.74, 6) is 0. The van der Waals surface area contributed by atoms with Crippen molar-refractivity contribution in [1.82, 2.24) is 10.2 Å². The van der Waals surface area contributed by atoms with Crippen molar-refractivity contribution in [3.63, 3.8) is 0 Å². The normalized spacial score (nSPS) is 28.8. The van der Waals surface area contributed by atoms with Gasteiger partial charge in [0.15, 0.2) is 0 Å². The summed E-state index contributed by atoms with van der Waals surface area (Å²) in [6.07, 6.45) is 10.0. The lowest BCUT2D eigenvalue weighted by Crippen LogP contribution is -2.42. The molecular weight excluding hydrogens is 224 g/mol. The van der Waals surface area contributed by atoms with Crippen molar-refractivity contribution in [2.75, 3.05) is 32.8 Å².